The number of fused-ring (bicyclic) bond motifs is 1. The monoisotopic (exact) mass is 561 g/mol. The van der Waals surface area contributed by atoms with E-state index in [4.69, 9.17) is 0 Å². The maximum Gasteiger partial charge on any atom is 0.336 e. The minimum absolute atomic E-state index is 0.0244. The van der Waals surface area contributed by atoms with Gasteiger partial charge >= 0.3 is 5.97 Å². The molecule has 13 heteroatoms. The second-order valence-corrected chi connectivity index (χ2v) is 9.85. The Labute approximate surface area is 235 Å². The molecular formula is C28H31N7O6. The van der Waals surface area contributed by atoms with Crippen LogP contribution < -0.4 is 15.5 Å². The Morgan fingerprint density at radius 1 is 1.05 bits per heavy atom. The minimum atomic E-state index is -1.23. The van der Waals surface area contributed by atoms with Crippen molar-refractivity contribution in [3.63, 3.8) is 0 Å². The zero-order valence-electron chi connectivity index (χ0n) is 22.7. The van der Waals surface area contributed by atoms with Crippen LogP contribution >= 0.6 is 0 Å². The van der Waals surface area contributed by atoms with Gasteiger partial charge < -0.3 is 15.7 Å². The minimum Gasteiger partial charge on any atom is -0.478 e. The molecule has 13 nitrogen and oxygen atoms in total. The van der Waals surface area contributed by atoms with E-state index in [-0.39, 0.29) is 35.8 Å². The van der Waals surface area contributed by atoms with E-state index in [1.165, 1.54) is 23.1 Å². The van der Waals surface area contributed by atoms with Crippen molar-refractivity contribution in [3.05, 3.63) is 71.0 Å². The zero-order valence-corrected chi connectivity index (χ0v) is 22.7. The molecule has 4 rings (SSSR count). The summed E-state index contributed by atoms with van der Waals surface area (Å²) in [7, 11) is 0. The second-order valence-electron chi connectivity index (χ2n) is 9.85. The van der Waals surface area contributed by atoms with E-state index in [0.717, 1.165) is 5.56 Å². The lowest BCUT2D eigenvalue weighted by atomic mass is 9.84. The predicted molar refractivity (Wildman–Crippen MR) is 146 cm³/mol. The van der Waals surface area contributed by atoms with Crippen molar-refractivity contribution in [2.75, 3.05) is 11.4 Å². The molecule has 1 aliphatic rings. The molecule has 1 aromatic heterocycles. The number of H-pyrrole nitrogens is 1. The molecule has 3 amide bonds. The quantitative estimate of drug-likeness (QED) is 0.238. The molecule has 3 aromatic rings. The van der Waals surface area contributed by atoms with Gasteiger partial charge in [-0.25, -0.2) is 4.79 Å². The summed E-state index contributed by atoms with van der Waals surface area (Å²) < 4.78 is 0. The van der Waals surface area contributed by atoms with Gasteiger partial charge in [-0.3, -0.25) is 24.1 Å². The van der Waals surface area contributed by atoms with Crippen LogP contribution in [0.15, 0.2) is 48.5 Å². The predicted octanol–water partition coefficient (Wildman–Crippen LogP) is 1.52. The average molecular weight is 562 g/mol. The second kappa shape index (κ2) is 12.9. The van der Waals surface area contributed by atoms with Crippen LogP contribution in [-0.2, 0) is 27.3 Å². The first-order chi connectivity index (χ1) is 19.7. The van der Waals surface area contributed by atoms with E-state index in [0.29, 0.717) is 18.5 Å². The molecule has 3 atom stereocenters. The van der Waals surface area contributed by atoms with E-state index < -0.39 is 48.0 Å². The number of ketones is 1. The number of aromatic nitrogens is 4. The van der Waals surface area contributed by atoms with Crippen molar-refractivity contribution in [2.24, 2.45) is 11.8 Å². The summed E-state index contributed by atoms with van der Waals surface area (Å²) in [6.45, 7) is 3.33. The Balaban J connectivity index is 1.46. The van der Waals surface area contributed by atoms with Crippen molar-refractivity contribution < 1.29 is 29.1 Å². The maximum atomic E-state index is 13.4. The largest absolute Gasteiger partial charge is 0.478 e. The Bertz CT molecular complexity index is 1440. The van der Waals surface area contributed by atoms with E-state index in [2.05, 4.69) is 31.3 Å². The summed E-state index contributed by atoms with van der Waals surface area (Å²) in [5.41, 5.74) is 1.28. The molecule has 0 bridgehead atoms. The number of nitrogens with zero attached hydrogens (tertiary/aromatic N) is 4. The summed E-state index contributed by atoms with van der Waals surface area (Å²) in [5, 5.41) is 28.2. The Hall–Kier alpha value is -4.94. The fourth-order valence-electron chi connectivity index (χ4n) is 4.88. The first-order valence-electron chi connectivity index (χ1n) is 13.2. The van der Waals surface area contributed by atoms with E-state index in [1.807, 2.05) is 26.0 Å². The Kier molecular flexibility index (Phi) is 9.17. The zero-order chi connectivity index (χ0) is 29.5. The molecule has 41 heavy (non-hydrogen) atoms. The number of hydrogen-bond donors (Lipinski definition) is 4. The van der Waals surface area contributed by atoms with Gasteiger partial charge in [-0.05, 0) is 23.6 Å². The number of aromatic carboxylic acids is 1. The summed E-state index contributed by atoms with van der Waals surface area (Å²) in [6.07, 6.45) is 0.663. The van der Waals surface area contributed by atoms with Crippen LogP contribution in [0.5, 0.6) is 0 Å². The van der Waals surface area contributed by atoms with Gasteiger partial charge in [0.15, 0.2) is 11.6 Å². The molecule has 0 unspecified atom stereocenters. The van der Waals surface area contributed by atoms with E-state index >= 15 is 0 Å². The highest BCUT2D eigenvalue weighted by molar-refractivity contribution is 6.08. The number of para-hydroxylation sites is 1. The van der Waals surface area contributed by atoms with Crippen LogP contribution in [0.25, 0.3) is 0 Å². The van der Waals surface area contributed by atoms with E-state index in [9.17, 15) is 29.1 Å². The van der Waals surface area contributed by atoms with Crippen LogP contribution in [0.1, 0.15) is 58.8 Å². The van der Waals surface area contributed by atoms with Gasteiger partial charge in [0.1, 0.15) is 6.04 Å². The summed E-state index contributed by atoms with van der Waals surface area (Å²) in [4.78, 5) is 65.8. The number of carbonyl (C=O) groups is 5. The van der Waals surface area contributed by atoms with Crippen molar-refractivity contribution in [2.45, 2.75) is 45.7 Å². The van der Waals surface area contributed by atoms with Gasteiger partial charge in [-0.2, -0.15) is 5.21 Å². The number of rotatable bonds is 12. The van der Waals surface area contributed by atoms with Crippen molar-refractivity contribution in [1.82, 2.24) is 31.3 Å². The first-order valence-corrected chi connectivity index (χ1v) is 13.2. The topological polar surface area (TPSA) is 187 Å². The normalized spacial score (nSPS) is 15.5. The van der Waals surface area contributed by atoms with Crippen LogP contribution in [0, 0.1) is 11.8 Å². The van der Waals surface area contributed by atoms with Gasteiger partial charge in [0.2, 0.25) is 17.7 Å². The van der Waals surface area contributed by atoms with Gasteiger partial charge in [-0.1, -0.05) is 61.9 Å². The number of Topliss-reactive ketones (excluding diaryl/α,β-unsaturated/α-hetero) is 1. The molecule has 4 N–H and O–H groups in total. The van der Waals surface area contributed by atoms with Crippen LogP contribution in [0.2, 0.25) is 0 Å². The summed E-state index contributed by atoms with van der Waals surface area (Å²) >= 11 is 0. The third-order valence-electron chi connectivity index (χ3n) is 7.30. The smallest absolute Gasteiger partial charge is 0.336 e. The first kappa shape index (κ1) is 29.1. The number of carboxylic acid groups (broad SMARTS) is 1. The molecular weight excluding hydrogens is 530 g/mol. The highest BCUT2D eigenvalue weighted by Crippen LogP contribution is 2.32. The van der Waals surface area contributed by atoms with Crippen molar-refractivity contribution in [3.8, 4) is 0 Å². The Morgan fingerprint density at radius 2 is 1.76 bits per heavy atom. The van der Waals surface area contributed by atoms with Gasteiger partial charge in [0.25, 0.3) is 0 Å². The number of amides is 3. The summed E-state index contributed by atoms with van der Waals surface area (Å²) in [5.74, 6) is -3.83. The fourth-order valence-corrected chi connectivity index (χ4v) is 4.88. The number of nitrogens with one attached hydrogen (secondary N) is 3. The number of carboxylic acids is 1. The lowest BCUT2D eigenvalue weighted by Gasteiger charge is -2.26. The van der Waals surface area contributed by atoms with Crippen LogP contribution in [-0.4, -0.2) is 67.8 Å². The number of tetrazole rings is 1. The number of anilines is 1. The van der Waals surface area contributed by atoms with E-state index in [1.54, 1.807) is 18.2 Å². The highest BCUT2D eigenvalue weighted by atomic mass is 16.4. The van der Waals surface area contributed by atoms with Gasteiger partial charge in [-0.15, -0.1) is 10.2 Å². The lowest BCUT2D eigenvalue weighted by Crippen LogP contribution is -2.51. The molecule has 0 saturated carbocycles. The average Bonchev–Trinajstić information content (AvgIpc) is 3.65. The molecule has 0 radical (unpaired) electrons. The standard InChI is InChI=1S/C28H31N7O6/c1-3-16(2)20(13-23(36)18-9-5-6-10-19(18)28(40)41)26(38)30-15-25(37)35-21-11-7-4-8-17(21)12-22(35)27(39)29-14-24-31-33-34-32-24/h4-11,16,20,22H,3,12-15H2,1-2H3,(H,29,39)(H,30,38)(H,40,41)(H,31,32,33,34)/t16-,20-,22-/m0/s1. The van der Waals surface area contributed by atoms with Crippen LogP contribution in [0.4, 0.5) is 5.69 Å². The fraction of sp³-hybridized carbons (Fsp3) is 0.357. The number of benzene rings is 2. The number of carbonyl (C=O) groups excluding carboxylic acids is 4. The molecule has 1 aliphatic heterocycles. The third kappa shape index (κ3) is 6.62. The molecule has 2 aromatic carbocycles. The van der Waals surface area contributed by atoms with Crippen molar-refractivity contribution >= 4 is 35.2 Å². The molecule has 0 saturated heterocycles. The Morgan fingerprint density at radius 3 is 2.44 bits per heavy atom. The molecule has 2 heterocycles. The number of aromatic amines is 1. The van der Waals surface area contributed by atoms with Crippen LogP contribution in [0.3, 0.4) is 0 Å². The summed E-state index contributed by atoms with van der Waals surface area (Å²) in [6, 6.07) is 12.2. The van der Waals surface area contributed by atoms with Gasteiger partial charge in [0, 0.05) is 30.0 Å². The SMILES string of the molecule is CC[C@H](C)[C@H](CC(=O)c1ccccc1C(=O)O)C(=O)NCC(=O)N1c2ccccc2C[C@H]1C(=O)NCc1nn[nH]n1. The number of hydrogen-bond acceptors (Lipinski definition) is 8. The lowest BCUT2D eigenvalue weighted by molar-refractivity contribution is -0.129. The molecule has 0 fully saturated rings. The molecule has 0 aliphatic carbocycles. The third-order valence-corrected chi connectivity index (χ3v) is 7.30. The van der Waals surface area contributed by atoms with Gasteiger partial charge in [0.05, 0.1) is 18.7 Å². The molecule has 0 spiro atoms. The van der Waals surface area contributed by atoms with Crippen molar-refractivity contribution in [1.29, 1.82) is 0 Å². The molecule has 214 valence electrons. The maximum absolute atomic E-state index is 13.4. The highest BCUT2D eigenvalue weighted by Gasteiger charge is 2.38.